The summed E-state index contributed by atoms with van der Waals surface area (Å²) in [6.45, 7) is 2.66. The number of hydrogen-bond donors (Lipinski definition) is 1. The van der Waals surface area contributed by atoms with Gasteiger partial charge in [-0.1, -0.05) is 41.4 Å². The van der Waals surface area contributed by atoms with Crippen molar-refractivity contribution in [3.05, 3.63) is 63.1 Å². The third-order valence-electron chi connectivity index (χ3n) is 3.94. The Kier molecular flexibility index (Phi) is 8.63. The molecular weight excluding hydrogens is 389 g/mol. The van der Waals surface area contributed by atoms with E-state index in [9.17, 15) is 4.79 Å². The molecule has 2 rings (SSSR count). The highest BCUT2D eigenvalue weighted by molar-refractivity contribution is 7.98. The van der Waals surface area contributed by atoms with Gasteiger partial charge < -0.3 is 10.1 Å². The highest BCUT2D eigenvalue weighted by Gasteiger charge is 2.05. The van der Waals surface area contributed by atoms with E-state index in [2.05, 4.69) is 11.4 Å². The molecule has 0 bridgehead atoms. The summed E-state index contributed by atoms with van der Waals surface area (Å²) >= 11 is 13.8. The van der Waals surface area contributed by atoms with Crippen molar-refractivity contribution < 1.29 is 9.53 Å². The fourth-order valence-corrected chi connectivity index (χ4v) is 3.94. The number of halogens is 2. The van der Waals surface area contributed by atoms with Crippen molar-refractivity contribution in [2.24, 2.45) is 0 Å². The van der Waals surface area contributed by atoms with Crippen LogP contribution in [0, 0.1) is 6.92 Å². The standard InChI is InChI=1S/C20H23Cl2NO2S/c1-14-11-15(3-7-19(14)25-2)4-8-20(24)23-9-10-26-13-16-5-6-17(21)12-18(16)22/h3,5-7,11-12H,4,8-10,13H2,1-2H3,(H,23,24). The lowest BCUT2D eigenvalue weighted by Gasteiger charge is -2.08. The molecule has 0 aliphatic rings. The van der Waals surface area contributed by atoms with Crippen LogP contribution in [0.25, 0.3) is 0 Å². The quantitative estimate of drug-likeness (QED) is 0.569. The molecule has 1 amide bonds. The fourth-order valence-electron chi connectivity index (χ4n) is 2.53. The number of amides is 1. The molecule has 140 valence electrons. The molecule has 0 aromatic heterocycles. The predicted octanol–water partition coefficient (Wildman–Crippen LogP) is 5.29. The van der Waals surface area contributed by atoms with Gasteiger partial charge >= 0.3 is 0 Å². The molecule has 0 aliphatic carbocycles. The Balaban J connectivity index is 1.63. The fraction of sp³-hybridized carbons (Fsp3) is 0.350. The molecule has 0 unspecified atom stereocenters. The van der Waals surface area contributed by atoms with E-state index >= 15 is 0 Å². The Labute approximate surface area is 169 Å². The number of ether oxygens (including phenoxy) is 1. The van der Waals surface area contributed by atoms with Gasteiger partial charge in [-0.15, -0.1) is 0 Å². The molecule has 0 saturated carbocycles. The predicted molar refractivity (Wildman–Crippen MR) is 112 cm³/mol. The number of benzene rings is 2. The lowest BCUT2D eigenvalue weighted by molar-refractivity contribution is -0.120. The first-order valence-corrected chi connectivity index (χ1v) is 10.3. The first-order valence-electron chi connectivity index (χ1n) is 8.41. The van der Waals surface area contributed by atoms with E-state index in [-0.39, 0.29) is 5.91 Å². The molecular formula is C20H23Cl2NO2S. The molecule has 0 heterocycles. The van der Waals surface area contributed by atoms with Crippen molar-refractivity contribution in [1.29, 1.82) is 0 Å². The summed E-state index contributed by atoms with van der Waals surface area (Å²) < 4.78 is 5.25. The van der Waals surface area contributed by atoms with E-state index in [1.165, 1.54) is 0 Å². The van der Waals surface area contributed by atoms with Gasteiger partial charge in [0.1, 0.15) is 5.75 Å². The van der Waals surface area contributed by atoms with Gasteiger partial charge in [-0.25, -0.2) is 0 Å². The first-order chi connectivity index (χ1) is 12.5. The van der Waals surface area contributed by atoms with Crippen LogP contribution in [0.4, 0.5) is 0 Å². The topological polar surface area (TPSA) is 38.3 Å². The minimum Gasteiger partial charge on any atom is -0.496 e. The Morgan fingerprint density at radius 3 is 2.69 bits per heavy atom. The molecule has 0 saturated heterocycles. The van der Waals surface area contributed by atoms with Crippen molar-refractivity contribution in [2.45, 2.75) is 25.5 Å². The molecule has 3 nitrogen and oxygen atoms in total. The summed E-state index contributed by atoms with van der Waals surface area (Å²) in [6.07, 6.45) is 1.21. The Bertz CT molecular complexity index is 753. The smallest absolute Gasteiger partial charge is 0.220 e. The zero-order valence-electron chi connectivity index (χ0n) is 15.0. The van der Waals surface area contributed by atoms with Crippen molar-refractivity contribution in [2.75, 3.05) is 19.4 Å². The Morgan fingerprint density at radius 2 is 2.00 bits per heavy atom. The molecule has 0 spiro atoms. The normalized spacial score (nSPS) is 10.6. The van der Waals surface area contributed by atoms with Gasteiger partial charge in [0, 0.05) is 34.5 Å². The Hall–Kier alpha value is -1.36. The highest BCUT2D eigenvalue weighted by atomic mass is 35.5. The number of nitrogens with one attached hydrogen (secondary N) is 1. The SMILES string of the molecule is COc1ccc(CCC(=O)NCCSCc2ccc(Cl)cc2Cl)cc1C. The van der Waals surface area contributed by atoms with Crippen molar-refractivity contribution in [1.82, 2.24) is 5.32 Å². The lowest BCUT2D eigenvalue weighted by atomic mass is 10.1. The van der Waals surface area contributed by atoms with Gasteiger partial charge in [-0.3, -0.25) is 4.79 Å². The molecule has 0 radical (unpaired) electrons. The number of methoxy groups -OCH3 is 1. The van der Waals surface area contributed by atoms with Crippen LogP contribution < -0.4 is 10.1 Å². The van der Waals surface area contributed by atoms with Gasteiger partial charge in [0.2, 0.25) is 5.91 Å². The zero-order valence-corrected chi connectivity index (χ0v) is 17.3. The molecule has 0 fully saturated rings. The van der Waals surface area contributed by atoms with Crippen molar-refractivity contribution >= 4 is 40.9 Å². The summed E-state index contributed by atoms with van der Waals surface area (Å²) in [5.41, 5.74) is 3.29. The third kappa shape index (κ3) is 6.75. The van der Waals surface area contributed by atoms with Crippen LogP contribution in [0.5, 0.6) is 5.75 Å². The van der Waals surface area contributed by atoms with Crippen LogP contribution in [0.1, 0.15) is 23.1 Å². The first kappa shape index (κ1) is 20.9. The van der Waals surface area contributed by atoms with Crippen LogP contribution in [0.2, 0.25) is 10.0 Å². The molecule has 2 aromatic carbocycles. The van der Waals surface area contributed by atoms with Gasteiger partial charge in [-0.2, -0.15) is 11.8 Å². The van der Waals surface area contributed by atoms with Gasteiger partial charge in [-0.05, 0) is 48.2 Å². The average molecular weight is 412 g/mol. The van der Waals surface area contributed by atoms with Gasteiger partial charge in [0.05, 0.1) is 7.11 Å². The van der Waals surface area contributed by atoms with Crippen LogP contribution in [-0.4, -0.2) is 25.3 Å². The second-order valence-corrected chi connectivity index (χ2v) is 7.89. The Morgan fingerprint density at radius 1 is 1.19 bits per heavy atom. The number of thioether (sulfide) groups is 1. The zero-order chi connectivity index (χ0) is 18.9. The van der Waals surface area contributed by atoms with Crippen LogP contribution in [0.15, 0.2) is 36.4 Å². The maximum atomic E-state index is 12.0. The van der Waals surface area contributed by atoms with E-state index in [1.54, 1.807) is 24.9 Å². The number of rotatable bonds is 9. The monoisotopic (exact) mass is 411 g/mol. The number of hydrogen-bond acceptors (Lipinski definition) is 3. The lowest BCUT2D eigenvalue weighted by Crippen LogP contribution is -2.25. The summed E-state index contributed by atoms with van der Waals surface area (Å²) in [5.74, 6) is 2.59. The van der Waals surface area contributed by atoms with Crippen molar-refractivity contribution in [3.63, 3.8) is 0 Å². The van der Waals surface area contributed by atoms with Crippen LogP contribution in [0.3, 0.4) is 0 Å². The summed E-state index contributed by atoms with van der Waals surface area (Å²) in [7, 11) is 1.66. The van der Waals surface area contributed by atoms with Crippen molar-refractivity contribution in [3.8, 4) is 5.75 Å². The molecule has 0 aliphatic heterocycles. The van der Waals surface area contributed by atoms with E-state index < -0.39 is 0 Å². The third-order valence-corrected chi connectivity index (χ3v) is 5.54. The molecule has 6 heteroatoms. The average Bonchev–Trinajstić information content (AvgIpc) is 2.61. The van der Waals surface area contributed by atoms with E-state index in [0.717, 1.165) is 40.4 Å². The van der Waals surface area contributed by atoms with Gasteiger partial charge in [0.25, 0.3) is 0 Å². The summed E-state index contributed by atoms with van der Waals surface area (Å²) in [6, 6.07) is 11.5. The van der Waals surface area contributed by atoms with Crippen LogP contribution in [-0.2, 0) is 17.0 Å². The van der Waals surface area contributed by atoms with Crippen LogP contribution >= 0.6 is 35.0 Å². The molecule has 26 heavy (non-hydrogen) atoms. The second-order valence-electron chi connectivity index (χ2n) is 5.94. The summed E-state index contributed by atoms with van der Waals surface area (Å²) in [5, 5.41) is 4.29. The second kappa shape index (κ2) is 10.7. The molecule has 0 atom stereocenters. The highest BCUT2D eigenvalue weighted by Crippen LogP contribution is 2.24. The van der Waals surface area contributed by atoms with E-state index in [0.29, 0.717) is 23.0 Å². The number of carbonyl (C=O) groups excluding carboxylic acids is 1. The minimum absolute atomic E-state index is 0.0728. The maximum absolute atomic E-state index is 12.0. The van der Waals surface area contributed by atoms with E-state index in [4.69, 9.17) is 27.9 Å². The molecule has 2 aromatic rings. The van der Waals surface area contributed by atoms with E-state index in [1.807, 2.05) is 31.2 Å². The number of aryl methyl sites for hydroxylation is 2. The van der Waals surface area contributed by atoms with Gasteiger partial charge in [0.15, 0.2) is 0 Å². The summed E-state index contributed by atoms with van der Waals surface area (Å²) in [4.78, 5) is 12.0. The number of carbonyl (C=O) groups is 1. The minimum atomic E-state index is 0.0728. The largest absolute Gasteiger partial charge is 0.496 e. The maximum Gasteiger partial charge on any atom is 0.220 e. The molecule has 1 N–H and O–H groups in total.